The molecule has 1 heterocycles. The number of anilines is 1. The van der Waals surface area contributed by atoms with Gasteiger partial charge in [0.05, 0.1) is 10.6 Å². The minimum absolute atomic E-state index is 0.136. The van der Waals surface area contributed by atoms with E-state index in [9.17, 15) is 8.42 Å². The van der Waals surface area contributed by atoms with Gasteiger partial charge in [-0.15, -0.1) is 0 Å². The van der Waals surface area contributed by atoms with E-state index in [1.165, 1.54) is 23.5 Å². The third-order valence-electron chi connectivity index (χ3n) is 3.34. The Morgan fingerprint density at radius 2 is 1.77 bits per heavy atom. The summed E-state index contributed by atoms with van der Waals surface area (Å²) in [4.78, 5) is 0.136. The highest BCUT2D eigenvalue weighted by molar-refractivity contribution is 7.92. The number of benzene rings is 2. The van der Waals surface area contributed by atoms with Crippen molar-refractivity contribution in [2.24, 2.45) is 0 Å². The van der Waals surface area contributed by atoms with E-state index in [1.54, 1.807) is 30.3 Å². The molecule has 0 saturated carbocycles. The molecule has 0 unspecified atom stereocenters. The zero-order chi connectivity index (χ0) is 15.7. The Morgan fingerprint density at radius 1 is 1.05 bits per heavy atom. The van der Waals surface area contributed by atoms with Crippen LogP contribution in [0.4, 0.5) is 5.69 Å². The van der Waals surface area contributed by atoms with Crippen LogP contribution in [0.2, 0.25) is 5.02 Å². The fourth-order valence-corrected chi connectivity index (χ4v) is 3.64. The van der Waals surface area contributed by atoms with Gasteiger partial charge < -0.3 is 9.47 Å². The highest BCUT2D eigenvalue weighted by Crippen LogP contribution is 2.35. The lowest BCUT2D eigenvalue weighted by molar-refractivity contribution is 0.171. The van der Waals surface area contributed by atoms with Crippen molar-refractivity contribution in [1.29, 1.82) is 0 Å². The highest BCUT2D eigenvalue weighted by Gasteiger charge is 2.23. The standard InChI is InChI=1S/C15H14ClNO4S/c1-17(22(18,19)13-4-2-3-11(16)9-13)12-5-6-14-15(10-12)21-8-7-20-14/h2-6,9-10H,7-8H2,1H3. The third-order valence-corrected chi connectivity index (χ3v) is 5.36. The lowest BCUT2D eigenvalue weighted by atomic mass is 10.2. The number of sulfonamides is 1. The Balaban J connectivity index is 1.97. The topological polar surface area (TPSA) is 55.8 Å². The van der Waals surface area contributed by atoms with Gasteiger partial charge in [0, 0.05) is 18.1 Å². The number of nitrogens with zero attached hydrogens (tertiary/aromatic N) is 1. The molecule has 116 valence electrons. The first-order valence-electron chi connectivity index (χ1n) is 6.62. The average molecular weight is 340 g/mol. The number of halogens is 1. The molecular formula is C15H14ClNO4S. The third kappa shape index (κ3) is 2.71. The van der Waals surface area contributed by atoms with Crippen LogP contribution in [0.15, 0.2) is 47.4 Å². The van der Waals surface area contributed by atoms with Crippen molar-refractivity contribution < 1.29 is 17.9 Å². The Labute approximate surface area is 134 Å². The maximum Gasteiger partial charge on any atom is 0.264 e. The molecule has 0 radical (unpaired) electrons. The number of ether oxygens (including phenoxy) is 2. The van der Waals surface area contributed by atoms with Crippen LogP contribution in [0.1, 0.15) is 0 Å². The molecule has 2 aromatic carbocycles. The molecule has 0 spiro atoms. The summed E-state index contributed by atoms with van der Waals surface area (Å²) in [6.45, 7) is 0.935. The maximum absolute atomic E-state index is 12.6. The maximum atomic E-state index is 12.6. The second kappa shape index (κ2) is 5.70. The predicted octanol–water partition coefficient (Wildman–Crippen LogP) is 2.94. The summed E-state index contributed by atoms with van der Waals surface area (Å²) in [6, 6.07) is 11.2. The number of hydrogen-bond donors (Lipinski definition) is 0. The Hall–Kier alpha value is -1.92. The summed E-state index contributed by atoms with van der Waals surface area (Å²) in [5.74, 6) is 1.15. The molecule has 22 heavy (non-hydrogen) atoms. The van der Waals surface area contributed by atoms with Gasteiger partial charge in [0.2, 0.25) is 0 Å². The lowest BCUT2D eigenvalue weighted by Gasteiger charge is -2.23. The minimum Gasteiger partial charge on any atom is -0.486 e. The molecule has 1 aliphatic rings. The fraction of sp³-hybridized carbons (Fsp3) is 0.200. The first-order chi connectivity index (χ1) is 10.5. The number of rotatable bonds is 3. The van der Waals surface area contributed by atoms with Crippen molar-refractivity contribution in [1.82, 2.24) is 0 Å². The van der Waals surface area contributed by atoms with Crippen LogP contribution in [0.3, 0.4) is 0 Å². The summed E-state index contributed by atoms with van der Waals surface area (Å²) in [7, 11) is -2.20. The van der Waals surface area contributed by atoms with Crippen LogP contribution >= 0.6 is 11.6 Å². The van der Waals surface area contributed by atoms with Gasteiger partial charge in [0.15, 0.2) is 11.5 Å². The second-order valence-corrected chi connectivity index (χ2v) is 7.16. The van der Waals surface area contributed by atoms with Crippen molar-refractivity contribution in [2.75, 3.05) is 24.6 Å². The van der Waals surface area contributed by atoms with Crippen molar-refractivity contribution in [3.8, 4) is 11.5 Å². The normalized spacial score (nSPS) is 13.7. The first kappa shape index (κ1) is 15.0. The van der Waals surface area contributed by atoms with Gasteiger partial charge in [-0.05, 0) is 30.3 Å². The lowest BCUT2D eigenvalue weighted by Crippen LogP contribution is -2.26. The second-order valence-electron chi connectivity index (χ2n) is 4.76. The minimum atomic E-state index is -3.69. The van der Waals surface area contributed by atoms with Crippen LogP contribution < -0.4 is 13.8 Å². The highest BCUT2D eigenvalue weighted by atomic mass is 35.5. The SMILES string of the molecule is CN(c1ccc2c(c1)OCCO2)S(=O)(=O)c1cccc(Cl)c1. The van der Waals surface area contributed by atoms with Crippen LogP contribution in [0.5, 0.6) is 11.5 Å². The molecule has 0 N–H and O–H groups in total. The molecule has 2 aromatic rings. The Bertz CT molecular complexity index is 807. The van der Waals surface area contributed by atoms with E-state index in [1.807, 2.05) is 0 Å². The van der Waals surface area contributed by atoms with E-state index >= 15 is 0 Å². The Kier molecular flexibility index (Phi) is 3.88. The van der Waals surface area contributed by atoms with Gasteiger partial charge in [-0.2, -0.15) is 0 Å². The van der Waals surface area contributed by atoms with E-state index < -0.39 is 10.0 Å². The van der Waals surface area contributed by atoms with Gasteiger partial charge in [-0.25, -0.2) is 8.42 Å². The fourth-order valence-electron chi connectivity index (χ4n) is 2.15. The van der Waals surface area contributed by atoms with Gasteiger partial charge >= 0.3 is 0 Å². The summed E-state index contributed by atoms with van der Waals surface area (Å²) < 4.78 is 37.4. The van der Waals surface area contributed by atoms with E-state index in [0.29, 0.717) is 35.4 Å². The molecule has 5 nitrogen and oxygen atoms in total. The molecule has 0 saturated heterocycles. The summed E-state index contributed by atoms with van der Waals surface area (Å²) in [6.07, 6.45) is 0. The van der Waals surface area contributed by atoms with Gasteiger partial charge in [0.1, 0.15) is 13.2 Å². The first-order valence-corrected chi connectivity index (χ1v) is 8.44. The zero-order valence-corrected chi connectivity index (χ0v) is 13.4. The van der Waals surface area contributed by atoms with Gasteiger partial charge in [-0.3, -0.25) is 4.31 Å². The molecule has 3 rings (SSSR count). The van der Waals surface area contributed by atoms with Crippen molar-refractivity contribution >= 4 is 27.3 Å². The smallest absolute Gasteiger partial charge is 0.264 e. The van der Waals surface area contributed by atoms with Crippen LogP contribution in [0, 0.1) is 0 Å². The predicted molar refractivity (Wildman–Crippen MR) is 84.5 cm³/mol. The van der Waals surface area contributed by atoms with Crippen molar-refractivity contribution in [3.63, 3.8) is 0 Å². The number of fused-ring (bicyclic) bond motifs is 1. The molecule has 1 aliphatic heterocycles. The zero-order valence-electron chi connectivity index (χ0n) is 11.8. The Morgan fingerprint density at radius 3 is 2.50 bits per heavy atom. The van der Waals surface area contributed by atoms with E-state index in [-0.39, 0.29) is 4.90 Å². The molecule has 7 heteroatoms. The van der Waals surface area contributed by atoms with E-state index in [4.69, 9.17) is 21.1 Å². The van der Waals surface area contributed by atoms with Gasteiger partial charge in [-0.1, -0.05) is 17.7 Å². The molecule has 0 bridgehead atoms. The summed E-state index contributed by atoms with van der Waals surface area (Å²) in [5, 5.41) is 0.372. The van der Waals surface area contributed by atoms with Crippen LogP contribution in [-0.2, 0) is 10.0 Å². The molecule has 0 fully saturated rings. The van der Waals surface area contributed by atoms with Crippen molar-refractivity contribution in [3.05, 3.63) is 47.5 Å². The molecule has 0 aliphatic carbocycles. The molecular weight excluding hydrogens is 326 g/mol. The monoisotopic (exact) mass is 339 g/mol. The number of hydrogen-bond acceptors (Lipinski definition) is 4. The van der Waals surface area contributed by atoms with E-state index in [0.717, 1.165) is 0 Å². The molecule has 0 amide bonds. The van der Waals surface area contributed by atoms with Gasteiger partial charge in [0.25, 0.3) is 10.0 Å². The van der Waals surface area contributed by atoms with Crippen LogP contribution in [-0.4, -0.2) is 28.7 Å². The average Bonchev–Trinajstić information content (AvgIpc) is 2.53. The van der Waals surface area contributed by atoms with Crippen molar-refractivity contribution in [2.45, 2.75) is 4.90 Å². The largest absolute Gasteiger partial charge is 0.486 e. The molecule has 0 aromatic heterocycles. The van der Waals surface area contributed by atoms with E-state index in [2.05, 4.69) is 0 Å². The summed E-state index contributed by atoms with van der Waals surface area (Å²) >= 11 is 5.88. The summed E-state index contributed by atoms with van der Waals surface area (Å²) in [5.41, 5.74) is 0.490. The van der Waals surface area contributed by atoms with Crippen LogP contribution in [0.25, 0.3) is 0 Å². The molecule has 0 atom stereocenters. The quantitative estimate of drug-likeness (QED) is 0.862.